The number of hydrogen-bond acceptors (Lipinski definition) is 4. The molecule has 2 aromatic rings. The zero-order valence-corrected chi connectivity index (χ0v) is 12.6. The third-order valence-corrected chi connectivity index (χ3v) is 3.43. The van der Waals surface area contributed by atoms with Gasteiger partial charge in [0.15, 0.2) is 0 Å². The number of nitrogens with one attached hydrogen (secondary N) is 2. The summed E-state index contributed by atoms with van der Waals surface area (Å²) in [6.45, 7) is 3.68. The van der Waals surface area contributed by atoms with Crippen LogP contribution in [0.25, 0.3) is 0 Å². The minimum Gasteiger partial charge on any atom is -0.345 e. The van der Waals surface area contributed by atoms with E-state index in [4.69, 9.17) is 17.4 Å². The van der Waals surface area contributed by atoms with Crippen molar-refractivity contribution in [1.29, 1.82) is 0 Å². The Morgan fingerprint density at radius 3 is 2.71 bits per heavy atom. The van der Waals surface area contributed by atoms with Crippen LogP contribution in [0, 0.1) is 6.92 Å². The Labute approximate surface area is 128 Å². The number of pyridine rings is 1. The number of amides is 1. The van der Waals surface area contributed by atoms with Crippen LogP contribution in [0.15, 0.2) is 36.4 Å². The van der Waals surface area contributed by atoms with Crippen molar-refractivity contribution < 1.29 is 4.79 Å². The van der Waals surface area contributed by atoms with Crippen molar-refractivity contribution in [3.05, 3.63) is 58.2 Å². The lowest BCUT2D eigenvalue weighted by Gasteiger charge is -2.16. The SMILES string of the molecule is Cc1cc(C(=O)NC(C)c2ccccc2Cl)cc(NN)n1. The van der Waals surface area contributed by atoms with E-state index in [1.807, 2.05) is 25.1 Å². The molecular weight excluding hydrogens is 288 g/mol. The quantitative estimate of drug-likeness (QED) is 0.599. The van der Waals surface area contributed by atoms with Gasteiger partial charge in [0.05, 0.1) is 6.04 Å². The maximum absolute atomic E-state index is 12.3. The Morgan fingerprint density at radius 2 is 2.05 bits per heavy atom. The predicted octanol–water partition coefficient (Wildman–Crippen LogP) is 2.82. The highest BCUT2D eigenvalue weighted by Crippen LogP contribution is 2.22. The minimum absolute atomic E-state index is 0.200. The molecule has 0 radical (unpaired) electrons. The Kier molecular flexibility index (Phi) is 4.77. The van der Waals surface area contributed by atoms with Crippen molar-refractivity contribution in [1.82, 2.24) is 10.3 Å². The summed E-state index contributed by atoms with van der Waals surface area (Å²) < 4.78 is 0. The van der Waals surface area contributed by atoms with Crippen molar-refractivity contribution in [2.45, 2.75) is 19.9 Å². The molecule has 1 atom stereocenters. The van der Waals surface area contributed by atoms with Gasteiger partial charge >= 0.3 is 0 Å². The first kappa shape index (κ1) is 15.3. The Hall–Kier alpha value is -2.11. The van der Waals surface area contributed by atoms with Gasteiger partial charge in [-0.25, -0.2) is 10.8 Å². The number of carbonyl (C=O) groups excluding carboxylic acids is 1. The van der Waals surface area contributed by atoms with E-state index < -0.39 is 0 Å². The molecule has 2 rings (SSSR count). The van der Waals surface area contributed by atoms with Crippen LogP contribution in [0.2, 0.25) is 5.02 Å². The topological polar surface area (TPSA) is 80.0 Å². The van der Waals surface area contributed by atoms with E-state index in [1.54, 1.807) is 25.1 Å². The number of aromatic nitrogens is 1. The average molecular weight is 305 g/mol. The predicted molar refractivity (Wildman–Crippen MR) is 84.1 cm³/mol. The van der Waals surface area contributed by atoms with E-state index in [9.17, 15) is 4.79 Å². The number of anilines is 1. The minimum atomic E-state index is -0.204. The standard InChI is InChI=1S/C15H17ClN4O/c1-9-7-11(8-14(18-9)20-17)15(21)19-10(2)12-5-3-4-6-13(12)16/h3-8,10H,17H2,1-2H3,(H,18,20)(H,19,21). The molecule has 110 valence electrons. The van der Waals surface area contributed by atoms with Crippen LogP contribution in [-0.4, -0.2) is 10.9 Å². The van der Waals surface area contributed by atoms with Gasteiger partial charge in [-0.1, -0.05) is 29.8 Å². The van der Waals surface area contributed by atoms with Crippen LogP contribution in [0.4, 0.5) is 5.82 Å². The van der Waals surface area contributed by atoms with Gasteiger partial charge in [-0.3, -0.25) is 4.79 Å². The molecule has 0 aliphatic heterocycles. The lowest BCUT2D eigenvalue weighted by molar-refractivity contribution is 0.0939. The molecule has 0 saturated heterocycles. The van der Waals surface area contributed by atoms with E-state index in [1.165, 1.54) is 0 Å². The van der Waals surface area contributed by atoms with E-state index in [0.29, 0.717) is 22.1 Å². The molecule has 0 aliphatic rings. The summed E-state index contributed by atoms with van der Waals surface area (Å²) in [5, 5.41) is 3.54. The number of aryl methyl sites for hydroxylation is 1. The fraction of sp³-hybridized carbons (Fsp3) is 0.200. The second kappa shape index (κ2) is 6.56. The molecular formula is C15H17ClN4O. The summed E-state index contributed by atoms with van der Waals surface area (Å²) in [6, 6.07) is 10.5. The Morgan fingerprint density at radius 1 is 1.33 bits per heavy atom. The maximum Gasteiger partial charge on any atom is 0.251 e. The first-order valence-corrected chi connectivity index (χ1v) is 6.89. The third-order valence-electron chi connectivity index (χ3n) is 3.08. The molecule has 21 heavy (non-hydrogen) atoms. The number of nitrogens with two attached hydrogens (primary N) is 1. The average Bonchev–Trinajstić information content (AvgIpc) is 2.46. The summed E-state index contributed by atoms with van der Waals surface area (Å²) in [4.78, 5) is 16.5. The van der Waals surface area contributed by atoms with E-state index in [2.05, 4.69) is 15.7 Å². The molecule has 1 amide bonds. The first-order chi connectivity index (χ1) is 10.0. The largest absolute Gasteiger partial charge is 0.345 e. The van der Waals surface area contributed by atoms with Crippen LogP contribution in [0.1, 0.15) is 34.6 Å². The van der Waals surface area contributed by atoms with E-state index >= 15 is 0 Å². The zero-order chi connectivity index (χ0) is 15.4. The zero-order valence-electron chi connectivity index (χ0n) is 11.9. The number of hydrogen-bond donors (Lipinski definition) is 3. The van der Waals surface area contributed by atoms with Gasteiger partial charge in [-0.15, -0.1) is 0 Å². The van der Waals surface area contributed by atoms with Gasteiger partial charge in [0.25, 0.3) is 5.91 Å². The number of hydrazine groups is 1. The summed E-state index contributed by atoms with van der Waals surface area (Å²) in [6.07, 6.45) is 0. The molecule has 0 aliphatic carbocycles. The number of nitrogens with zero attached hydrogens (tertiary/aromatic N) is 1. The van der Waals surface area contributed by atoms with Gasteiger partial charge < -0.3 is 10.7 Å². The fourth-order valence-corrected chi connectivity index (χ4v) is 2.36. The lowest BCUT2D eigenvalue weighted by Crippen LogP contribution is -2.27. The summed E-state index contributed by atoms with van der Waals surface area (Å²) >= 11 is 6.13. The highest BCUT2D eigenvalue weighted by molar-refractivity contribution is 6.31. The van der Waals surface area contributed by atoms with Crippen molar-refractivity contribution in [3.63, 3.8) is 0 Å². The van der Waals surface area contributed by atoms with Gasteiger partial charge in [0, 0.05) is 16.3 Å². The molecule has 0 fully saturated rings. The smallest absolute Gasteiger partial charge is 0.251 e. The van der Waals surface area contributed by atoms with Crippen molar-refractivity contribution >= 4 is 23.3 Å². The number of benzene rings is 1. The monoisotopic (exact) mass is 304 g/mol. The first-order valence-electron chi connectivity index (χ1n) is 6.52. The highest BCUT2D eigenvalue weighted by atomic mass is 35.5. The molecule has 5 nitrogen and oxygen atoms in total. The number of nitrogen functional groups attached to an aromatic ring is 1. The van der Waals surface area contributed by atoms with Crippen LogP contribution < -0.4 is 16.6 Å². The molecule has 0 spiro atoms. The third kappa shape index (κ3) is 3.71. The summed E-state index contributed by atoms with van der Waals surface area (Å²) in [7, 11) is 0. The fourth-order valence-electron chi connectivity index (χ4n) is 2.06. The lowest BCUT2D eigenvalue weighted by atomic mass is 10.1. The van der Waals surface area contributed by atoms with Gasteiger partial charge in [0.2, 0.25) is 0 Å². The van der Waals surface area contributed by atoms with Crippen LogP contribution in [-0.2, 0) is 0 Å². The molecule has 1 heterocycles. The van der Waals surface area contributed by atoms with Crippen LogP contribution >= 0.6 is 11.6 Å². The van der Waals surface area contributed by atoms with E-state index in [0.717, 1.165) is 5.56 Å². The second-order valence-corrected chi connectivity index (χ2v) is 5.15. The second-order valence-electron chi connectivity index (χ2n) is 4.74. The van der Waals surface area contributed by atoms with Crippen LogP contribution in [0.3, 0.4) is 0 Å². The van der Waals surface area contributed by atoms with Crippen molar-refractivity contribution in [2.75, 3.05) is 5.43 Å². The van der Waals surface area contributed by atoms with Gasteiger partial charge in [-0.05, 0) is 37.6 Å². The van der Waals surface area contributed by atoms with Crippen LogP contribution in [0.5, 0.6) is 0 Å². The van der Waals surface area contributed by atoms with Gasteiger partial charge in [0.1, 0.15) is 5.82 Å². The Bertz CT molecular complexity index is 660. The summed E-state index contributed by atoms with van der Waals surface area (Å²) in [5.41, 5.74) is 4.52. The molecule has 6 heteroatoms. The number of carbonyl (C=O) groups is 1. The molecule has 1 unspecified atom stereocenters. The maximum atomic E-state index is 12.3. The van der Waals surface area contributed by atoms with Gasteiger partial charge in [-0.2, -0.15) is 0 Å². The molecule has 4 N–H and O–H groups in total. The van der Waals surface area contributed by atoms with Crippen molar-refractivity contribution in [2.24, 2.45) is 5.84 Å². The molecule has 1 aromatic heterocycles. The molecule has 1 aromatic carbocycles. The molecule has 0 saturated carbocycles. The number of rotatable bonds is 4. The van der Waals surface area contributed by atoms with Crippen molar-refractivity contribution in [3.8, 4) is 0 Å². The summed E-state index contributed by atoms with van der Waals surface area (Å²) in [5.74, 6) is 5.58. The highest BCUT2D eigenvalue weighted by Gasteiger charge is 2.14. The molecule has 0 bridgehead atoms. The Balaban J connectivity index is 2.18. The number of halogens is 1. The van der Waals surface area contributed by atoms with E-state index in [-0.39, 0.29) is 11.9 Å². The normalized spacial score (nSPS) is 11.8.